The first-order valence-corrected chi connectivity index (χ1v) is 5.94. The minimum Gasteiger partial charge on any atom is -0.465 e. The topological polar surface area (TPSA) is 39.2 Å². The van der Waals surface area contributed by atoms with Gasteiger partial charge in [0.05, 0.1) is 22.4 Å². The van der Waals surface area contributed by atoms with E-state index in [9.17, 15) is 4.79 Å². The van der Waals surface area contributed by atoms with E-state index in [2.05, 4.69) is 25.7 Å². The Morgan fingerprint density at radius 1 is 1.60 bits per heavy atom. The Morgan fingerprint density at radius 2 is 2.33 bits per heavy atom. The summed E-state index contributed by atoms with van der Waals surface area (Å²) < 4.78 is 6.22. The van der Waals surface area contributed by atoms with Crippen LogP contribution >= 0.6 is 38.9 Å². The van der Waals surface area contributed by atoms with E-state index in [0.29, 0.717) is 16.1 Å². The third-order valence-electron chi connectivity index (χ3n) is 1.84. The third kappa shape index (κ3) is 2.00. The number of carbonyl (C=O) groups is 1. The van der Waals surface area contributed by atoms with Crippen molar-refractivity contribution in [3.05, 3.63) is 26.6 Å². The number of benzene rings is 1. The van der Waals surface area contributed by atoms with Gasteiger partial charge >= 0.3 is 5.97 Å². The van der Waals surface area contributed by atoms with Gasteiger partial charge in [-0.05, 0) is 28.1 Å². The SMILES string of the molecule is COC(=O)c1cc(Cl)c2nc(Br)sc2c1. The van der Waals surface area contributed by atoms with Crippen molar-refractivity contribution in [1.82, 2.24) is 4.98 Å². The van der Waals surface area contributed by atoms with E-state index in [1.165, 1.54) is 18.4 Å². The maximum Gasteiger partial charge on any atom is 0.337 e. The Bertz CT molecular complexity index is 540. The molecule has 0 fully saturated rings. The van der Waals surface area contributed by atoms with Crippen molar-refractivity contribution in [1.29, 1.82) is 0 Å². The second kappa shape index (κ2) is 4.08. The van der Waals surface area contributed by atoms with Crippen molar-refractivity contribution in [2.24, 2.45) is 0 Å². The van der Waals surface area contributed by atoms with Crippen LogP contribution in [-0.2, 0) is 4.74 Å². The van der Waals surface area contributed by atoms with E-state index in [4.69, 9.17) is 11.6 Å². The van der Waals surface area contributed by atoms with Crippen LogP contribution in [0.1, 0.15) is 10.4 Å². The van der Waals surface area contributed by atoms with E-state index >= 15 is 0 Å². The summed E-state index contributed by atoms with van der Waals surface area (Å²) in [6.45, 7) is 0. The molecule has 3 nitrogen and oxygen atoms in total. The first-order chi connectivity index (χ1) is 7.11. The monoisotopic (exact) mass is 305 g/mol. The Balaban J connectivity index is 2.66. The molecular formula is C9H5BrClNO2S. The molecule has 0 saturated carbocycles. The first-order valence-electron chi connectivity index (χ1n) is 3.95. The molecule has 6 heteroatoms. The Kier molecular flexibility index (Phi) is 2.95. The van der Waals surface area contributed by atoms with Gasteiger partial charge in [-0.15, -0.1) is 11.3 Å². The van der Waals surface area contributed by atoms with Crippen LogP contribution in [0.2, 0.25) is 5.02 Å². The quantitative estimate of drug-likeness (QED) is 0.757. The second-order valence-corrected chi connectivity index (χ2v) is 5.48. The van der Waals surface area contributed by atoms with Gasteiger partial charge in [0.25, 0.3) is 0 Å². The number of ether oxygens (including phenoxy) is 1. The van der Waals surface area contributed by atoms with Gasteiger partial charge in [-0.2, -0.15) is 0 Å². The fourth-order valence-corrected chi connectivity index (χ4v) is 2.97. The smallest absolute Gasteiger partial charge is 0.337 e. The summed E-state index contributed by atoms with van der Waals surface area (Å²) in [6, 6.07) is 3.28. The van der Waals surface area contributed by atoms with Crippen molar-refractivity contribution in [2.75, 3.05) is 7.11 Å². The fraction of sp³-hybridized carbons (Fsp3) is 0.111. The van der Waals surface area contributed by atoms with Crippen LogP contribution in [0, 0.1) is 0 Å². The van der Waals surface area contributed by atoms with Gasteiger partial charge in [0.15, 0.2) is 3.92 Å². The standard InChI is InChI=1S/C9H5BrClNO2S/c1-14-8(13)4-2-5(11)7-6(3-4)15-9(10)12-7/h2-3H,1H3. The number of carbonyl (C=O) groups excluding carboxylic acids is 1. The highest BCUT2D eigenvalue weighted by Crippen LogP contribution is 2.32. The Hall–Kier alpha value is -0.650. The van der Waals surface area contributed by atoms with Gasteiger partial charge in [-0.1, -0.05) is 11.6 Å². The van der Waals surface area contributed by atoms with E-state index in [1.807, 2.05) is 0 Å². The van der Waals surface area contributed by atoms with Crippen molar-refractivity contribution < 1.29 is 9.53 Å². The highest BCUT2D eigenvalue weighted by Gasteiger charge is 2.12. The predicted octanol–water partition coefficient (Wildman–Crippen LogP) is 3.50. The largest absolute Gasteiger partial charge is 0.465 e. The van der Waals surface area contributed by atoms with Crippen LogP contribution in [0.3, 0.4) is 0 Å². The summed E-state index contributed by atoms with van der Waals surface area (Å²) in [5.74, 6) is -0.400. The zero-order valence-electron chi connectivity index (χ0n) is 7.58. The van der Waals surface area contributed by atoms with Crippen LogP contribution in [0.25, 0.3) is 10.2 Å². The van der Waals surface area contributed by atoms with Crippen molar-refractivity contribution in [3.63, 3.8) is 0 Å². The molecular weight excluding hydrogens is 302 g/mol. The summed E-state index contributed by atoms with van der Waals surface area (Å²) in [4.78, 5) is 15.5. The number of fused-ring (bicyclic) bond motifs is 1. The van der Waals surface area contributed by atoms with Crippen LogP contribution in [0.4, 0.5) is 0 Å². The molecule has 0 amide bonds. The molecule has 1 aromatic heterocycles. The maximum atomic E-state index is 11.3. The molecule has 0 radical (unpaired) electrons. The normalized spacial score (nSPS) is 10.6. The summed E-state index contributed by atoms with van der Waals surface area (Å²) in [5, 5.41) is 0.454. The number of esters is 1. The molecule has 0 atom stereocenters. The molecule has 1 aromatic carbocycles. The van der Waals surface area contributed by atoms with Crippen LogP contribution in [0.15, 0.2) is 16.0 Å². The minimum atomic E-state index is -0.400. The highest BCUT2D eigenvalue weighted by molar-refractivity contribution is 9.11. The maximum absolute atomic E-state index is 11.3. The van der Waals surface area contributed by atoms with Gasteiger partial charge in [0.1, 0.15) is 5.52 Å². The summed E-state index contributed by atoms with van der Waals surface area (Å²) in [5.41, 5.74) is 1.13. The average Bonchev–Trinajstić information content (AvgIpc) is 2.58. The molecule has 0 N–H and O–H groups in total. The van der Waals surface area contributed by atoms with Crippen molar-refractivity contribution in [3.8, 4) is 0 Å². The van der Waals surface area contributed by atoms with Gasteiger partial charge in [-0.25, -0.2) is 9.78 Å². The van der Waals surface area contributed by atoms with E-state index < -0.39 is 5.97 Å². The lowest BCUT2D eigenvalue weighted by Crippen LogP contribution is -2.00. The zero-order valence-corrected chi connectivity index (χ0v) is 10.7. The Labute approximate surface area is 103 Å². The fourth-order valence-electron chi connectivity index (χ4n) is 1.20. The third-order valence-corrected chi connectivity index (χ3v) is 3.59. The van der Waals surface area contributed by atoms with Gasteiger partial charge < -0.3 is 4.74 Å². The molecule has 0 unspecified atom stereocenters. The number of hydrogen-bond acceptors (Lipinski definition) is 4. The lowest BCUT2D eigenvalue weighted by Gasteiger charge is -1.99. The number of rotatable bonds is 1. The van der Waals surface area contributed by atoms with Gasteiger partial charge in [0, 0.05) is 0 Å². The van der Waals surface area contributed by atoms with Crippen LogP contribution in [0.5, 0.6) is 0 Å². The second-order valence-electron chi connectivity index (χ2n) is 2.76. The lowest BCUT2D eigenvalue weighted by molar-refractivity contribution is 0.0601. The van der Waals surface area contributed by atoms with Gasteiger partial charge in [0.2, 0.25) is 0 Å². The van der Waals surface area contributed by atoms with Crippen molar-refractivity contribution in [2.45, 2.75) is 0 Å². The molecule has 15 heavy (non-hydrogen) atoms. The first kappa shape index (κ1) is 10.9. The lowest BCUT2D eigenvalue weighted by atomic mass is 10.2. The molecule has 0 aliphatic rings. The molecule has 1 heterocycles. The van der Waals surface area contributed by atoms with Gasteiger partial charge in [-0.3, -0.25) is 0 Å². The molecule has 0 bridgehead atoms. The molecule has 2 rings (SSSR count). The number of aromatic nitrogens is 1. The molecule has 0 saturated heterocycles. The number of halogens is 2. The Morgan fingerprint density at radius 3 is 3.00 bits per heavy atom. The average molecular weight is 307 g/mol. The molecule has 0 aliphatic carbocycles. The van der Waals surface area contributed by atoms with E-state index in [0.717, 1.165) is 8.62 Å². The van der Waals surface area contributed by atoms with E-state index in [-0.39, 0.29) is 0 Å². The minimum absolute atomic E-state index is 0.400. The molecule has 0 aliphatic heterocycles. The zero-order chi connectivity index (χ0) is 11.0. The highest BCUT2D eigenvalue weighted by atomic mass is 79.9. The summed E-state index contributed by atoms with van der Waals surface area (Å²) >= 11 is 10.7. The molecule has 78 valence electrons. The van der Waals surface area contributed by atoms with Crippen LogP contribution in [-0.4, -0.2) is 18.1 Å². The van der Waals surface area contributed by atoms with Crippen LogP contribution < -0.4 is 0 Å². The summed E-state index contributed by atoms with van der Waals surface area (Å²) in [6.07, 6.45) is 0. The van der Waals surface area contributed by atoms with E-state index in [1.54, 1.807) is 12.1 Å². The summed E-state index contributed by atoms with van der Waals surface area (Å²) in [7, 11) is 1.34. The number of nitrogens with zero attached hydrogens (tertiary/aromatic N) is 1. The van der Waals surface area contributed by atoms with Crippen molar-refractivity contribution >= 4 is 55.1 Å². The number of thiazole rings is 1. The molecule has 0 spiro atoms. The number of methoxy groups -OCH3 is 1. The number of hydrogen-bond donors (Lipinski definition) is 0. The molecule has 2 aromatic rings. The predicted molar refractivity (Wildman–Crippen MR) is 63.7 cm³/mol.